The maximum atomic E-state index is 6.63. The molecule has 0 atom stereocenters. The van der Waals surface area contributed by atoms with Crippen molar-refractivity contribution in [2.75, 3.05) is 5.73 Å². The van der Waals surface area contributed by atoms with E-state index in [0.717, 1.165) is 16.5 Å². The summed E-state index contributed by atoms with van der Waals surface area (Å²) in [7, 11) is 0. The molecule has 0 fully saturated rings. The molecule has 0 aliphatic carbocycles. The quantitative estimate of drug-likeness (QED) is 0.215. The molecule has 6 aromatic carbocycles. The molecule has 0 amide bonds. The van der Waals surface area contributed by atoms with Crippen molar-refractivity contribution in [1.82, 2.24) is 4.57 Å². The van der Waals surface area contributed by atoms with Gasteiger partial charge in [0.1, 0.15) is 0 Å². The zero-order valence-corrected chi connectivity index (χ0v) is 18.6. The molecule has 0 unspecified atom stereocenters. The van der Waals surface area contributed by atoms with E-state index in [2.05, 4.69) is 126 Å². The normalized spacial score (nSPS) is 11.6. The molecule has 0 bridgehead atoms. The number of fused-ring (bicyclic) bond motifs is 5. The number of para-hydroxylation sites is 2. The van der Waals surface area contributed by atoms with Crippen molar-refractivity contribution in [3.8, 4) is 16.8 Å². The molecular formula is C32H22N2. The molecule has 0 saturated heterocycles. The molecule has 0 aliphatic rings. The summed E-state index contributed by atoms with van der Waals surface area (Å²) in [6, 6.07) is 43.1. The summed E-state index contributed by atoms with van der Waals surface area (Å²) >= 11 is 0. The number of aromatic nitrogens is 1. The van der Waals surface area contributed by atoms with Crippen molar-refractivity contribution in [2.24, 2.45) is 0 Å². The van der Waals surface area contributed by atoms with Gasteiger partial charge in [-0.3, -0.25) is 0 Å². The number of rotatable bonds is 2. The van der Waals surface area contributed by atoms with E-state index in [1.54, 1.807) is 0 Å². The third kappa shape index (κ3) is 2.63. The lowest BCUT2D eigenvalue weighted by atomic mass is 9.90. The Morgan fingerprint density at radius 1 is 0.441 bits per heavy atom. The van der Waals surface area contributed by atoms with E-state index in [-0.39, 0.29) is 0 Å². The number of nitrogens with zero attached hydrogens (tertiary/aromatic N) is 1. The maximum absolute atomic E-state index is 6.63. The second kappa shape index (κ2) is 7.23. The van der Waals surface area contributed by atoms with Crippen LogP contribution in [-0.2, 0) is 0 Å². The van der Waals surface area contributed by atoms with Gasteiger partial charge in [0.25, 0.3) is 0 Å². The van der Waals surface area contributed by atoms with Gasteiger partial charge in [0.05, 0.1) is 11.0 Å². The summed E-state index contributed by atoms with van der Waals surface area (Å²) in [5.41, 5.74) is 13.5. The highest BCUT2D eigenvalue weighted by molar-refractivity contribution is 6.21. The van der Waals surface area contributed by atoms with Crippen LogP contribution in [0.3, 0.4) is 0 Å². The smallest absolute Gasteiger partial charge is 0.0541 e. The van der Waals surface area contributed by atoms with Crippen LogP contribution < -0.4 is 5.73 Å². The lowest BCUT2D eigenvalue weighted by molar-refractivity contribution is 1.18. The molecule has 7 aromatic rings. The molecular weight excluding hydrogens is 412 g/mol. The van der Waals surface area contributed by atoms with Gasteiger partial charge in [-0.05, 0) is 52.2 Å². The third-order valence-electron chi connectivity index (χ3n) is 6.95. The average Bonchev–Trinajstić information content (AvgIpc) is 3.23. The van der Waals surface area contributed by atoms with Crippen LogP contribution in [0.2, 0.25) is 0 Å². The predicted octanol–water partition coefficient (Wildman–Crippen LogP) is 8.34. The molecule has 1 heterocycles. The minimum atomic E-state index is 0.844. The SMILES string of the molecule is Nc1c2ccccc2c(-c2ccc3c(c2)c2ccccc2n3-c2ccccc2)c2ccccc12. The van der Waals surface area contributed by atoms with E-state index >= 15 is 0 Å². The summed E-state index contributed by atoms with van der Waals surface area (Å²) in [5, 5.41) is 7.08. The Labute approximate surface area is 197 Å². The number of benzene rings is 6. The van der Waals surface area contributed by atoms with Crippen LogP contribution in [0.15, 0.2) is 121 Å². The number of nitrogen functional groups attached to an aromatic ring is 1. The highest BCUT2D eigenvalue weighted by Gasteiger charge is 2.16. The second-order valence-corrected chi connectivity index (χ2v) is 8.80. The largest absolute Gasteiger partial charge is 0.398 e. The maximum Gasteiger partial charge on any atom is 0.0541 e. The monoisotopic (exact) mass is 434 g/mol. The Morgan fingerprint density at radius 2 is 0.971 bits per heavy atom. The predicted molar refractivity (Wildman–Crippen MR) is 146 cm³/mol. The first-order chi connectivity index (χ1) is 16.8. The summed E-state index contributed by atoms with van der Waals surface area (Å²) in [5.74, 6) is 0. The van der Waals surface area contributed by atoms with Gasteiger partial charge < -0.3 is 10.3 Å². The minimum absolute atomic E-state index is 0.844. The first-order valence-corrected chi connectivity index (χ1v) is 11.6. The van der Waals surface area contributed by atoms with Gasteiger partial charge in [0.2, 0.25) is 0 Å². The van der Waals surface area contributed by atoms with Crippen molar-refractivity contribution >= 4 is 49.0 Å². The van der Waals surface area contributed by atoms with Crippen LogP contribution in [0.5, 0.6) is 0 Å². The molecule has 160 valence electrons. The van der Waals surface area contributed by atoms with Crippen molar-refractivity contribution in [1.29, 1.82) is 0 Å². The Kier molecular flexibility index (Phi) is 4.03. The summed E-state index contributed by atoms with van der Waals surface area (Å²) < 4.78 is 2.35. The molecule has 0 radical (unpaired) electrons. The molecule has 2 N–H and O–H groups in total. The third-order valence-corrected chi connectivity index (χ3v) is 6.95. The lowest BCUT2D eigenvalue weighted by Crippen LogP contribution is -1.94. The van der Waals surface area contributed by atoms with Crippen LogP contribution in [0.1, 0.15) is 0 Å². The summed E-state index contributed by atoms with van der Waals surface area (Å²) in [6.07, 6.45) is 0. The Bertz CT molecular complexity index is 1800. The molecule has 34 heavy (non-hydrogen) atoms. The van der Waals surface area contributed by atoms with Crippen molar-refractivity contribution < 1.29 is 0 Å². The van der Waals surface area contributed by atoms with Crippen LogP contribution in [-0.4, -0.2) is 4.57 Å². The fourth-order valence-corrected chi connectivity index (χ4v) is 5.46. The van der Waals surface area contributed by atoms with E-state index in [4.69, 9.17) is 5.73 Å². The Balaban J connectivity index is 1.61. The number of nitrogens with two attached hydrogens (primary N) is 1. The van der Waals surface area contributed by atoms with E-state index in [0.29, 0.717) is 0 Å². The van der Waals surface area contributed by atoms with Crippen LogP contribution in [0, 0.1) is 0 Å². The fraction of sp³-hybridized carbons (Fsp3) is 0. The van der Waals surface area contributed by atoms with Crippen LogP contribution in [0.4, 0.5) is 5.69 Å². The van der Waals surface area contributed by atoms with Gasteiger partial charge in [-0.15, -0.1) is 0 Å². The molecule has 1 aromatic heterocycles. The topological polar surface area (TPSA) is 30.9 Å². The van der Waals surface area contributed by atoms with Crippen molar-refractivity contribution in [3.63, 3.8) is 0 Å². The first kappa shape index (κ1) is 19.0. The first-order valence-electron chi connectivity index (χ1n) is 11.6. The van der Waals surface area contributed by atoms with E-state index in [1.807, 2.05) is 0 Å². The zero-order chi connectivity index (χ0) is 22.6. The van der Waals surface area contributed by atoms with E-state index < -0.39 is 0 Å². The van der Waals surface area contributed by atoms with Crippen molar-refractivity contribution in [2.45, 2.75) is 0 Å². The van der Waals surface area contributed by atoms with Gasteiger partial charge >= 0.3 is 0 Å². The Morgan fingerprint density at radius 3 is 1.65 bits per heavy atom. The van der Waals surface area contributed by atoms with Gasteiger partial charge in [0, 0.05) is 32.9 Å². The summed E-state index contributed by atoms with van der Waals surface area (Å²) in [4.78, 5) is 0. The fourth-order valence-electron chi connectivity index (χ4n) is 5.46. The standard InChI is InChI=1S/C32H22N2/c33-32-26-15-6-4-13-24(26)31(25-14-5-7-16-27(25)32)21-18-19-30-28(20-21)23-12-8-9-17-29(23)34(30)22-10-2-1-3-11-22/h1-20H,33H2. The summed E-state index contributed by atoms with van der Waals surface area (Å²) in [6.45, 7) is 0. The van der Waals surface area contributed by atoms with Gasteiger partial charge in [0.15, 0.2) is 0 Å². The number of anilines is 1. The van der Waals surface area contributed by atoms with Crippen LogP contribution in [0.25, 0.3) is 60.2 Å². The second-order valence-electron chi connectivity index (χ2n) is 8.80. The molecule has 2 nitrogen and oxygen atoms in total. The highest BCUT2D eigenvalue weighted by atomic mass is 15.0. The van der Waals surface area contributed by atoms with Gasteiger partial charge in [-0.1, -0.05) is 91.0 Å². The number of hydrogen-bond acceptors (Lipinski definition) is 1. The highest BCUT2D eigenvalue weighted by Crippen LogP contribution is 2.42. The molecule has 0 spiro atoms. The Hall–Kier alpha value is -4.56. The van der Waals surface area contributed by atoms with Crippen molar-refractivity contribution in [3.05, 3.63) is 121 Å². The molecule has 7 rings (SSSR count). The van der Waals surface area contributed by atoms with Crippen LogP contribution >= 0.6 is 0 Å². The molecule has 0 saturated carbocycles. The van der Waals surface area contributed by atoms with E-state index in [1.165, 1.54) is 49.4 Å². The van der Waals surface area contributed by atoms with Gasteiger partial charge in [-0.2, -0.15) is 0 Å². The van der Waals surface area contributed by atoms with Gasteiger partial charge in [-0.25, -0.2) is 0 Å². The molecule has 2 heteroatoms. The average molecular weight is 435 g/mol. The minimum Gasteiger partial charge on any atom is -0.398 e. The number of hydrogen-bond donors (Lipinski definition) is 1. The molecule has 0 aliphatic heterocycles. The van der Waals surface area contributed by atoms with E-state index in [9.17, 15) is 0 Å². The zero-order valence-electron chi connectivity index (χ0n) is 18.6. The lowest BCUT2D eigenvalue weighted by Gasteiger charge is -2.15.